The van der Waals surface area contributed by atoms with Gasteiger partial charge in [-0.15, -0.1) is 0 Å². The van der Waals surface area contributed by atoms with E-state index in [1.165, 1.54) is 24.3 Å². The summed E-state index contributed by atoms with van der Waals surface area (Å²) in [5, 5.41) is 9.72. The number of carbonyl (C=O) groups excluding carboxylic acids is 4. The summed E-state index contributed by atoms with van der Waals surface area (Å²) in [4.78, 5) is 52.6. The molecule has 12 heteroatoms. The molecule has 0 aliphatic heterocycles. The molecule has 0 bridgehead atoms. The van der Waals surface area contributed by atoms with Crippen LogP contribution in [0.2, 0.25) is 0 Å². The topological polar surface area (TPSA) is 153 Å². The summed E-state index contributed by atoms with van der Waals surface area (Å²) in [5.74, 6) is -0.0650. The van der Waals surface area contributed by atoms with Gasteiger partial charge in [0.05, 0.1) is 43.6 Å². The second-order valence-electron chi connectivity index (χ2n) is 15.5. The molecule has 1 atom stereocenters. The van der Waals surface area contributed by atoms with Crippen LogP contribution in [0.25, 0.3) is 0 Å². The monoisotopic (exact) mass is 920 g/mol. The SMILES string of the molecule is COc1ccc(C(=O)Oc2ccc(C(c3ccc(OC(=O)c4ccc(O)cc4)cc3)C(c3ccc(OC(=O)c4ccc(OC)cc4)cc3)c3ccc(OC(=O)c4ccc(OC)cc4)cc3)cc2)cc1. The van der Waals surface area contributed by atoms with E-state index in [-0.39, 0.29) is 11.3 Å². The summed E-state index contributed by atoms with van der Waals surface area (Å²) in [7, 11) is 4.64. The number of benzene rings is 8. The summed E-state index contributed by atoms with van der Waals surface area (Å²) in [6.45, 7) is 0. The third-order valence-corrected chi connectivity index (χ3v) is 11.2. The summed E-state index contributed by atoms with van der Waals surface area (Å²) in [6.07, 6.45) is 0. The number of methoxy groups -OCH3 is 3. The average Bonchev–Trinajstić information content (AvgIpc) is 3.39. The summed E-state index contributed by atoms with van der Waals surface area (Å²) >= 11 is 0. The van der Waals surface area contributed by atoms with Gasteiger partial charge in [0, 0.05) is 11.8 Å². The third-order valence-electron chi connectivity index (χ3n) is 11.2. The van der Waals surface area contributed by atoms with E-state index in [4.69, 9.17) is 33.2 Å². The Bertz CT molecular complexity index is 2920. The van der Waals surface area contributed by atoms with Crippen LogP contribution < -0.4 is 33.2 Å². The predicted molar refractivity (Wildman–Crippen MR) is 256 cm³/mol. The molecule has 0 fully saturated rings. The molecular weight excluding hydrogens is 877 g/mol. The zero-order valence-electron chi connectivity index (χ0n) is 37.6. The number of hydrogen-bond donors (Lipinski definition) is 1. The highest BCUT2D eigenvalue weighted by Crippen LogP contribution is 2.44. The highest BCUT2D eigenvalue weighted by atomic mass is 16.5. The molecule has 0 radical (unpaired) electrons. The van der Waals surface area contributed by atoms with Gasteiger partial charge in [-0.2, -0.15) is 0 Å². The number of carbonyl (C=O) groups is 4. The summed E-state index contributed by atoms with van der Waals surface area (Å²) in [5.41, 5.74) is 4.59. The molecule has 69 heavy (non-hydrogen) atoms. The van der Waals surface area contributed by atoms with Crippen molar-refractivity contribution in [3.8, 4) is 46.0 Å². The smallest absolute Gasteiger partial charge is 0.343 e. The second kappa shape index (κ2) is 21.4. The van der Waals surface area contributed by atoms with Gasteiger partial charge < -0.3 is 38.3 Å². The van der Waals surface area contributed by atoms with Crippen LogP contribution in [0.3, 0.4) is 0 Å². The van der Waals surface area contributed by atoms with Crippen LogP contribution in [0.4, 0.5) is 0 Å². The first-order valence-corrected chi connectivity index (χ1v) is 21.6. The van der Waals surface area contributed by atoms with Crippen LogP contribution in [0.1, 0.15) is 75.5 Å². The van der Waals surface area contributed by atoms with Crippen molar-refractivity contribution in [1.82, 2.24) is 0 Å². The van der Waals surface area contributed by atoms with Crippen molar-refractivity contribution in [3.05, 3.63) is 239 Å². The van der Waals surface area contributed by atoms with Crippen molar-refractivity contribution >= 4 is 23.9 Å². The fourth-order valence-electron chi connectivity index (χ4n) is 7.57. The fourth-order valence-corrected chi connectivity index (χ4v) is 7.57. The van der Waals surface area contributed by atoms with E-state index in [0.29, 0.717) is 56.9 Å². The minimum atomic E-state index is -0.600. The first kappa shape index (κ1) is 46.4. The van der Waals surface area contributed by atoms with Gasteiger partial charge in [-0.1, -0.05) is 48.5 Å². The molecule has 8 aromatic rings. The van der Waals surface area contributed by atoms with Gasteiger partial charge in [0.2, 0.25) is 0 Å². The zero-order chi connectivity index (χ0) is 48.3. The molecule has 12 nitrogen and oxygen atoms in total. The molecule has 0 saturated carbocycles. The van der Waals surface area contributed by atoms with E-state index in [1.54, 1.807) is 143 Å². The van der Waals surface area contributed by atoms with Crippen LogP contribution in [0.15, 0.2) is 194 Å². The molecule has 0 aromatic heterocycles. The molecule has 0 amide bonds. The third kappa shape index (κ3) is 11.5. The van der Waals surface area contributed by atoms with Crippen LogP contribution in [0.5, 0.6) is 46.0 Å². The molecule has 1 N–H and O–H groups in total. The highest BCUT2D eigenvalue weighted by Gasteiger charge is 2.29. The van der Waals surface area contributed by atoms with Crippen LogP contribution in [0, 0.1) is 0 Å². The standard InChI is InChI=1S/C57H44O12/c1-63-45-22-14-41(15-23-45)55(60)67-49-30-8-37(9-31-49)52(36-6-28-48(29-7-36)66-54(59)40-4-20-44(58)21-5-40)53(38-10-32-50(33-11-38)68-56(61)42-16-24-46(64-2)25-17-42)39-12-34-51(35-13-39)69-57(62)43-18-26-47(65-3)27-19-43/h4-35,52-53,58H,1-3H3. The molecule has 0 spiro atoms. The molecule has 0 aliphatic rings. The normalized spacial score (nSPS) is 11.2. The Morgan fingerprint density at radius 2 is 0.478 bits per heavy atom. The maximum atomic E-state index is 13.2. The van der Waals surface area contributed by atoms with E-state index in [0.717, 1.165) is 22.3 Å². The van der Waals surface area contributed by atoms with Gasteiger partial charge in [-0.25, -0.2) is 19.2 Å². The van der Waals surface area contributed by atoms with Crippen LogP contribution in [-0.4, -0.2) is 50.3 Å². The number of hydrogen-bond acceptors (Lipinski definition) is 12. The molecule has 0 heterocycles. The lowest BCUT2D eigenvalue weighted by Gasteiger charge is -2.30. The number of phenols is 1. The number of phenolic OH excluding ortho intramolecular Hbond substituents is 1. The first-order chi connectivity index (χ1) is 33.6. The minimum absolute atomic E-state index is 0.0216. The van der Waals surface area contributed by atoms with Crippen molar-refractivity contribution in [2.75, 3.05) is 21.3 Å². The molecule has 8 aromatic carbocycles. The van der Waals surface area contributed by atoms with Crippen molar-refractivity contribution in [3.63, 3.8) is 0 Å². The number of aromatic hydroxyl groups is 1. The predicted octanol–water partition coefficient (Wildman–Crippen LogP) is 11.3. The van der Waals surface area contributed by atoms with Crippen molar-refractivity contribution in [2.45, 2.75) is 11.8 Å². The van der Waals surface area contributed by atoms with Gasteiger partial charge in [0.25, 0.3) is 0 Å². The molecule has 344 valence electrons. The van der Waals surface area contributed by atoms with Gasteiger partial charge in [0.1, 0.15) is 46.0 Å². The highest BCUT2D eigenvalue weighted by molar-refractivity contribution is 5.93. The van der Waals surface area contributed by atoms with Crippen LogP contribution in [-0.2, 0) is 0 Å². The van der Waals surface area contributed by atoms with Crippen molar-refractivity contribution in [1.29, 1.82) is 0 Å². The molecule has 0 aliphatic carbocycles. The average molecular weight is 921 g/mol. The minimum Gasteiger partial charge on any atom is -0.508 e. The lowest BCUT2D eigenvalue weighted by Crippen LogP contribution is -2.16. The summed E-state index contributed by atoms with van der Waals surface area (Å²) < 4.78 is 38.7. The Morgan fingerprint density at radius 1 is 0.290 bits per heavy atom. The molecule has 1 unspecified atom stereocenters. The van der Waals surface area contributed by atoms with E-state index in [2.05, 4.69) is 0 Å². The number of rotatable bonds is 16. The Morgan fingerprint density at radius 3 is 0.681 bits per heavy atom. The lowest BCUT2D eigenvalue weighted by atomic mass is 9.73. The van der Waals surface area contributed by atoms with Crippen LogP contribution >= 0.6 is 0 Å². The van der Waals surface area contributed by atoms with Crippen molar-refractivity contribution < 1.29 is 57.4 Å². The Labute approximate surface area is 397 Å². The van der Waals surface area contributed by atoms with Gasteiger partial charge in [-0.3, -0.25) is 0 Å². The van der Waals surface area contributed by atoms with Gasteiger partial charge >= 0.3 is 23.9 Å². The van der Waals surface area contributed by atoms with E-state index in [1.807, 2.05) is 48.5 Å². The van der Waals surface area contributed by atoms with E-state index in [9.17, 15) is 24.3 Å². The molecular formula is C57H44O12. The van der Waals surface area contributed by atoms with Gasteiger partial charge in [-0.05, 0) is 168 Å². The Balaban J connectivity index is 1.16. The second-order valence-corrected chi connectivity index (χ2v) is 15.5. The zero-order valence-corrected chi connectivity index (χ0v) is 37.6. The molecule has 8 rings (SSSR count). The Hall–Kier alpha value is -9.16. The van der Waals surface area contributed by atoms with Crippen molar-refractivity contribution in [2.24, 2.45) is 0 Å². The maximum Gasteiger partial charge on any atom is 0.343 e. The summed E-state index contributed by atoms with van der Waals surface area (Å²) in [6, 6.07) is 54.3. The van der Waals surface area contributed by atoms with E-state index >= 15 is 0 Å². The largest absolute Gasteiger partial charge is 0.508 e. The Kier molecular flexibility index (Phi) is 14.4. The van der Waals surface area contributed by atoms with Gasteiger partial charge in [0.15, 0.2) is 0 Å². The quantitative estimate of drug-likeness (QED) is 0.0725. The molecule has 0 saturated heterocycles. The first-order valence-electron chi connectivity index (χ1n) is 21.6. The number of ether oxygens (including phenoxy) is 7. The fraction of sp³-hybridized carbons (Fsp3) is 0.0877. The lowest BCUT2D eigenvalue weighted by molar-refractivity contribution is 0.0725. The number of esters is 4. The van der Waals surface area contributed by atoms with E-state index < -0.39 is 35.7 Å². The maximum absolute atomic E-state index is 13.2.